The molecule has 2 heterocycles. The summed E-state index contributed by atoms with van der Waals surface area (Å²) in [6, 6.07) is 10.9. The highest BCUT2D eigenvalue weighted by atomic mass is 16.2. The molecule has 4 aliphatic rings. The summed E-state index contributed by atoms with van der Waals surface area (Å²) in [7, 11) is 0. The third-order valence-electron chi connectivity index (χ3n) is 7.78. The molecule has 2 N–H and O–H groups in total. The van der Waals surface area contributed by atoms with E-state index >= 15 is 0 Å². The molecule has 6 heteroatoms. The van der Waals surface area contributed by atoms with Crippen molar-refractivity contribution >= 4 is 11.9 Å². The fourth-order valence-electron chi connectivity index (χ4n) is 5.78. The van der Waals surface area contributed by atoms with Gasteiger partial charge in [0.15, 0.2) is 0 Å². The highest BCUT2D eigenvalue weighted by molar-refractivity contribution is 5.82. The lowest BCUT2D eigenvalue weighted by molar-refractivity contribution is -0.131. The molecular weight excluding hydrogens is 388 g/mol. The summed E-state index contributed by atoms with van der Waals surface area (Å²) in [6.07, 6.45) is 8.40. The second-order valence-corrected chi connectivity index (χ2v) is 10.4. The van der Waals surface area contributed by atoms with E-state index in [4.69, 9.17) is 0 Å². The minimum Gasteiger partial charge on any atom is -0.356 e. The summed E-state index contributed by atoms with van der Waals surface area (Å²) in [4.78, 5) is 30.3. The second-order valence-electron chi connectivity index (χ2n) is 10.4. The molecule has 0 radical (unpaired) electrons. The number of urea groups is 1. The molecule has 2 saturated carbocycles. The Morgan fingerprint density at radius 3 is 2.42 bits per heavy atom. The van der Waals surface area contributed by atoms with Crippen LogP contribution in [0.5, 0.6) is 0 Å². The first-order valence-corrected chi connectivity index (χ1v) is 12.2. The third-order valence-corrected chi connectivity index (χ3v) is 7.78. The summed E-state index contributed by atoms with van der Waals surface area (Å²) < 4.78 is 0. The lowest BCUT2D eigenvalue weighted by Gasteiger charge is -2.50. The van der Waals surface area contributed by atoms with Crippen LogP contribution >= 0.6 is 0 Å². The Hall–Kier alpha value is -2.08. The maximum absolute atomic E-state index is 13.1. The van der Waals surface area contributed by atoms with Crippen molar-refractivity contribution in [1.82, 2.24) is 20.4 Å². The molecule has 0 bridgehead atoms. The van der Waals surface area contributed by atoms with Gasteiger partial charge in [0.1, 0.15) is 0 Å². The summed E-state index contributed by atoms with van der Waals surface area (Å²) in [5, 5.41) is 6.46. The molecule has 3 amide bonds. The number of hydrogen-bond acceptors (Lipinski definition) is 3. The first kappa shape index (κ1) is 20.8. The maximum atomic E-state index is 13.1. The van der Waals surface area contributed by atoms with E-state index in [-0.39, 0.29) is 23.3 Å². The fourth-order valence-corrected chi connectivity index (χ4v) is 5.78. The highest BCUT2D eigenvalue weighted by Gasteiger charge is 2.57. The lowest BCUT2D eigenvalue weighted by Crippen LogP contribution is -2.66. The number of rotatable bonds is 6. The van der Waals surface area contributed by atoms with Crippen molar-refractivity contribution in [2.75, 3.05) is 32.7 Å². The van der Waals surface area contributed by atoms with Crippen molar-refractivity contribution in [3.8, 4) is 0 Å². The van der Waals surface area contributed by atoms with E-state index in [1.807, 2.05) is 11.0 Å². The van der Waals surface area contributed by atoms with E-state index < -0.39 is 0 Å². The third kappa shape index (κ3) is 4.74. The van der Waals surface area contributed by atoms with Crippen molar-refractivity contribution in [2.45, 2.75) is 57.5 Å². The van der Waals surface area contributed by atoms with Gasteiger partial charge in [0.25, 0.3) is 0 Å². The number of hydrogen-bond donors (Lipinski definition) is 2. The number of nitrogens with one attached hydrogen (secondary N) is 2. The zero-order valence-electron chi connectivity index (χ0n) is 18.5. The van der Waals surface area contributed by atoms with Gasteiger partial charge in [-0.1, -0.05) is 49.6 Å². The first-order valence-electron chi connectivity index (χ1n) is 12.2. The van der Waals surface area contributed by atoms with Gasteiger partial charge in [-0.15, -0.1) is 0 Å². The van der Waals surface area contributed by atoms with Crippen molar-refractivity contribution in [2.24, 2.45) is 17.3 Å². The minimum absolute atomic E-state index is 0.0336. The Bertz CT molecular complexity index is 782. The van der Waals surface area contributed by atoms with Gasteiger partial charge < -0.3 is 15.5 Å². The number of carbonyl (C=O) groups excluding carboxylic acids is 2. The van der Waals surface area contributed by atoms with Gasteiger partial charge in [-0.05, 0) is 37.2 Å². The van der Waals surface area contributed by atoms with E-state index in [2.05, 4.69) is 39.8 Å². The van der Waals surface area contributed by atoms with E-state index in [0.717, 1.165) is 39.0 Å². The zero-order valence-corrected chi connectivity index (χ0v) is 18.5. The van der Waals surface area contributed by atoms with Crippen LogP contribution in [0, 0.1) is 17.3 Å². The van der Waals surface area contributed by atoms with Crippen LogP contribution in [0.1, 0.15) is 50.5 Å². The standard InChI is InChI=1S/C25H36N4O2/c30-23(26-13-19-11-12-19)22-15-28(14-20-7-3-1-4-8-20)16-25(22)17-29(18-25)24(31)27-21-9-5-2-6-10-21/h1,3-4,7-8,19,21-22H,2,5-6,9-18H2,(H,26,30)(H,27,31). The molecule has 2 aliphatic carbocycles. The molecule has 6 nitrogen and oxygen atoms in total. The van der Waals surface area contributed by atoms with Crippen LogP contribution in [-0.4, -0.2) is 60.5 Å². The molecule has 2 aliphatic heterocycles. The zero-order chi connectivity index (χ0) is 21.3. The van der Waals surface area contributed by atoms with Crippen LogP contribution < -0.4 is 10.6 Å². The van der Waals surface area contributed by atoms with Gasteiger partial charge in [0, 0.05) is 50.7 Å². The topological polar surface area (TPSA) is 64.7 Å². The number of nitrogens with zero attached hydrogens (tertiary/aromatic N) is 2. The van der Waals surface area contributed by atoms with Gasteiger partial charge in [0.05, 0.1) is 5.92 Å². The first-order chi connectivity index (χ1) is 15.1. The number of likely N-dealkylation sites (tertiary alicyclic amines) is 2. The Kier molecular flexibility index (Phi) is 5.91. The molecule has 1 unspecified atom stereocenters. The molecule has 0 aromatic heterocycles. The summed E-state index contributed by atoms with van der Waals surface area (Å²) in [5.41, 5.74) is 1.18. The molecule has 1 aromatic rings. The Balaban J connectivity index is 1.22. The average Bonchev–Trinajstić information content (AvgIpc) is 3.51. The quantitative estimate of drug-likeness (QED) is 0.738. The molecule has 1 atom stereocenters. The van der Waals surface area contributed by atoms with Crippen LogP contribution in [-0.2, 0) is 11.3 Å². The maximum Gasteiger partial charge on any atom is 0.317 e. The van der Waals surface area contributed by atoms with Gasteiger partial charge in [-0.2, -0.15) is 0 Å². The number of carbonyl (C=O) groups is 2. The van der Waals surface area contributed by atoms with E-state index in [1.165, 1.54) is 37.7 Å². The van der Waals surface area contributed by atoms with Gasteiger partial charge in [-0.25, -0.2) is 4.79 Å². The predicted octanol–water partition coefficient (Wildman–Crippen LogP) is 2.99. The Labute approximate surface area is 185 Å². The highest BCUT2D eigenvalue weighted by Crippen LogP contribution is 2.44. The normalized spacial score (nSPS) is 25.9. The van der Waals surface area contributed by atoms with Gasteiger partial charge in [0.2, 0.25) is 5.91 Å². The molecule has 2 saturated heterocycles. The lowest BCUT2D eigenvalue weighted by atomic mass is 9.71. The molecule has 1 aromatic carbocycles. The molecule has 4 fully saturated rings. The summed E-state index contributed by atoms with van der Waals surface area (Å²) in [6.45, 7) is 4.73. The molecular formula is C25H36N4O2. The Morgan fingerprint density at radius 2 is 1.71 bits per heavy atom. The summed E-state index contributed by atoms with van der Waals surface area (Å²) in [5.74, 6) is 0.837. The van der Waals surface area contributed by atoms with Crippen molar-refractivity contribution in [1.29, 1.82) is 0 Å². The fraction of sp³-hybridized carbons (Fsp3) is 0.680. The van der Waals surface area contributed by atoms with Crippen LogP contribution in [0.3, 0.4) is 0 Å². The van der Waals surface area contributed by atoms with Crippen molar-refractivity contribution in [3.05, 3.63) is 35.9 Å². The molecule has 31 heavy (non-hydrogen) atoms. The van der Waals surface area contributed by atoms with Crippen molar-refractivity contribution < 1.29 is 9.59 Å². The average molecular weight is 425 g/mol. The second kappa shape index (κ2) is 8.81. The van der Waals surface area contributed by atoms with Gasteiger partial charge >= 0.3 is 6.03 Å². The van der Waals surface area contributed by atoms with Crippen LogP contribution in [0.4, 0.5) is 4.79 Å². The molecule has 5 rings (SSSR count). The van der Waals surface area contributed by atoms with Crippen LogP contribution in [0.2, 0.25) is 0 Å². The number of amides is 3. The molecule has 168 valence electrons. The van der Waals surface area contributed by atoms with Crippen LogP contribution in [0.25, 0.3) is 0 Å². The number of benzene rings is 1. The molecule has 1 spiro atoms. The van der Waals surface area contributed by atoms with Gasteiger partial charge in [-0.3, -0.25) is 9.69 Å². The summed E-state index contributed by atoms with van der Waals surface area (Å²) >= 11 is 0. The van der Waals surface area contributed by atoms with Crippen molar-refractivity contribution in [3.63, 3.8) is 0 Å². The monoisotopic (exact) mass is 424 g/mol. The van der Waals surface area contributed by atoms with E-state index in [9.17, 15) is 9.59 Å². The SMILES string of the molecule is O=C(NCC1CC1)C1CN(Cc2ccccc2)CC12CN(C(=O)NC1CCCCC1)C2. The largest absolute Gasteiger partial charge is 0.356 e. The Morgan fingerprint density at radius 1 is 0.968 bits per heavy atom. The van der Waals surface area contributed by atoms with Crippen LogP contribution in [0.15, 0.2) is 30.3 Å². The van der Waals surface area contributed by atoms with E-state index in [0.29, 0.717) is 25.0 Å². The van der Waals surface area contributed by atoms with E-state index in [1.54, 1.807) is 0 Å². The minimum atomic E-state index is -0.105. The predicted molar refractivity (Wildman–Crippen MR) is 120 cm³/mol. The smallest absolute Gasteiger partial charge is 0.317 e.